The number of carbonyl (C=O) groups is 1. The lowest BCUT2D eigenvalue weighted by Crippen LogP contribution is -2.13. The third-order valence-corrected chi connectivity index (χ3v) is 1.80. The van der Waals surface area contributed by atoms with E-state index >= 15 is 0 Å². The van der Waals surface area contributed by atoms with Crippen LogP contribution >= 0.6 is 0 Å². The summed E-state index contributed by atoms with van der Waals surface area (Å²) in [4.78, 5) is 31.6. The smallest absolute Gasteiger partial charge is 0.323 e. The highest BCUT2D eigenvalue weighted by molar-refractivity contribution is 5.74. The topological polar surface area (TPSA) is 127 Å². The average Bonchev–Trinajstić information content (AvgIpc) is 2.48. The Morgan fingerprint density at radius 3 is 3.07 bits per heavy atom. The predicted molar refractivity (Wildman–Crippen MR) is 50.2 cm³/mol. The normalized spacial score (nSPS) is 10.7. The van der Waals surface area contributed by atoms with Crippen LogP contribution < -0.4 is 11.3 Å². The number of nitrogen functional groups attached to an aromatic ring is 1. The molecule has 2 rings (SSSR count). The van der Waals surface area contributed by atoms with Crippen molar-refractivity contribution in [2.75, 3.05) is 5.73 Å². The summed E-state index contributed by atoms with van der Waals surface area (Å²) in [7, 11) is 0. The number of nitrogens with two attached hydrogens (primary N) is 1. The summed E-state index contributed by atoms with van der Waals surface area (Å²) in [5, 5.41) is 8.59. The first-order valence-corrected chi connectivity index (χ1v) is 4.00. The molecule has 2 aromatic heterocycles. The number of nitrogens with one attached hydrogen (secondary N) is 1. The van der Waals surface area contributed by atoms with Crippen LogP contribution in [0.2, 0.25) is 0 Å². The van der Waals surface area contributed by atoms with Crippen LogP contribution in [0, 0.1) is 0 Å². The van der Waals surface area contributed by atoms with Gasteiger partial charge < -0.3 is 15.4 Å². The van der Waals surface area contributed by atoms with Gasteiger partial charge in [-0.1, -0.05) is 0 Å². The van der Waals surface area contributed by atoms with E-state index < -0.39 is 11.5 Å². The molecule has 0 saturated carbocycles. The zero-order valence-electron chi connectivity index (χ0n) is 7.47. The van der Waals surface area contributed by atoms with Crippen LogP contribution in [-0.4, -0.2) is 30.6 Å². The van der Waals surface area contributed by atoms with Gasteiger partial charge in [0.15, 0.2) is 11.2 Å². The molecule has 0 bridgehead atoms. The highest BCUT2D eigenvalue weighted by Crippen LogP contribution is 2.05. The Hall–Kier alpha value is -2.38. The van der Waals surface area contributed by atoms with Gasteiger partial charge in [0.1, 0.15) is 6.54 Å². The van der Waals surface area contributed by atoms with Crippen molar-refractivity contribution in [2.24, 2.45) is 0 Å². The first-order chi connectivity index (χ1) is 7.08. The Bertz CT molecular complexity index is 584. The Kier molecular flexibility index (Phi) is 1.89. The van der Waals surface area contributed by atoms with Crippen LogP contribution in [0.4, 0.5) is 5.95 Å². The van der Waals surface area contributed by atoms with E-state index in [1.807, 2.05) is 0 Å². The lowest BCUT2D eigenvalue weighted by molar-refractivity contribution is -0.137. The van der Waals surface area contributed by atoms with Gasteiger partial charge in [0.2, 0.25) is 5.95 Å². The van der Waals surface area contributed by atoms with Gasteiger partial charge in [-0.05, 0) is 0 Å². The molecule has 0 amide bonds. The van der Waals surface area contributed by atoms with Crippen LogP contribution in [0.3, 0.4) is 0 Å². The van der Waals surface area contributed by atoms with Gasteiger partial charge in [0.25, 0.3) is 5.56 Å². The summed E-state index contributed by atoms with van der Waals surface area (Å²) in [6.07, 6.45) is 1.24. The fraction of sp³-hybridized carbons (Fsp3) is 0.143. The van der Waals surface area contributed by atoms with Gasteiger partial charge in [-0.15, -0.1) is 0 Å². The summed E-state index contributed by atoms with van der Waals surface area (Å²) in [6, 6.07) is 0. The molecule has 2 aromatic rings. The van der Waals surface area contributed by atoms with Crippen molar-refractivity contribution in [1.29, 1.82) is 0 Å². The average molecular weight is 209 g/mol. The standard InChI is InChI=1S/C7H7N5O3/c8-7-10-5-4(6(15)11-7)9-2-12(5)1-3(13)14/h2H,1H2,(H,13,14)(H3,8,10,11,15). The number of nitrogens with zero attached hydrogens (tertiary/aromatic N) is 3. The number of aromatic nitrogens is 4. The number of anilines is 1. The van der Waals surface area contributed by atoms with E-state index in [1.54, 1.807) is 0 Å². The van der Waals surface area contributed by atoms with E-state index in [-0.39, 0.29) is 23.7 Å². The summed E-state index contributed by atoms with van der Waals surface area (Å²) >= 11 is 0. The molecule has 78 valence electrons. The molecule has 15 heavy (non-hydrogen) atoms. The molecule has 0 spiro atoms. The van der Waals surface area contributed by atoms with Crippen molar-refractivity contribution in [2.45, 2.75) is 6.54 Å². The second-order valence-electron chi connectivity index (χ2n) is 2.89. The Balaban J connectivity index is 2.68. The largest absolute Gasteiger partial charge is 0.480 e. The lowest BCUT2D eigenvalue weighted by Gasteiger charge is -1.98. The van der Waals surface area contributed by atoms with E-state index in [4.69, 9.17) is 10.8 Å². The lowest BCUT2D eigenvalue weighted by atomic mass is 10.5. The second kappa shape index (κ2) is 3.08. The van der Waals surface area contributed by atoms with Crippen LogP contribution in [0.1, 0.15) is 0 Å². The van der Waals surface area contributed by atoms with E-state index in [9.17, 15) is 9.59 Å². The van der Waals surface area contributed by atoms with Crippen molar-refractivity contribution in [3.63, 3.8) is 0 Å². The molecule has 0 aliphatic carbocycles. The Morgan fingerprint density at radius 1 is 1.67 bits per heavy atom. The Morgan fingerprint density at radius 2 is 2.40 bits per heavy atom. The van der Waals surface area contributed by atoms with Gasteiger partial charge >= 0.3 is 5.97 Å². The zero-order valence-corrected chi connectivity index (χ0v) is 7.47. The monoisotopic (exact) mass is 209 g/mol. The summed E-state index contributed by atoms with van der Waals surface area (Å²) in [5.41, 5.74) is 5.08. The van der Waals surface area contributed by atoms with E-state index in [2.05, 4.69) is 15.0 Å². The molecule has 2 heterocycles. The number of aliphatic carboxylic acids is 1. The Labute approximate surface area is 82.4 Å². The number of rotatable bonds is 2. The highest BCUT2D eigenvalue weighted by Gasteiger charge is 2.10. The number of H-pyrrole nitrogens is 1. The fourth-order valence-corrected chi connectivity index (χ4v) is 1.23. The van der Waals surface area contributed by atoms with Gasteiger partial charge in [-0.25, -0.2) is 4.98 Å². The van der Waals surface area contributed by atoms with Crippen LogP contribution in [0.25, 0.3) is 11.2 Å². The second-order valence-corrected chi connectivity index (χ2v) is 2.89. The minimum atomic E-state index is -1.05. The van der Waals surface area contributed by atoms with Gasteiger partial charge in [0.05, 0.1) is 6.33 Å². The molecule has 0 aliphatic rings. The highest BCUT2D eigenvalue weighted by atomic mass is 16.4. The third-order valence-electron chi connectivity index (χ3n) is 1.80. The van der Waals surface area contributed by atoms with Crippen molar-refractivity contribution < 1.29 is 9.90 Å². The molecular weight excluding hydrogens is 202 g/mol. The van der Waals surface area contributed by atoms with Crippen LogP contribution in [-0.2, 0) is 11.3 Å². The summed E-state index contributed by atoms with van der Waals surface area (Å²) in [5.74, 6) is -1.12. The number of imidazole rings is 1. The SMILES string of the molecule is Nc1nc2c(ncn2CC(=O)O)c(=O)[nH]1. The molecule has 0 fully saturated rings. The van der Waals surface area contributed by atoms with Gasteiger partial charge in [0, 0.05) is 0 Å². The van der Waals surface area contributed by atoms with Crippen molar-refractivity contribution >= 4 is 23.1 Å². The molecule has 0 radical (unpaired) electrons. The van der Waals surface area contributed by atoms with Crippen molar-refractivity contribution in [3.05, 3.63) is 16.7 Å². The maximum Gasteiger partial charge on any atom is 0.323 e. The number of carboxylic acids is 1. The molecule has 8 heteroatoms. The van der Waals surface area contributed by atoms with Crippen LogP contribution in [0.5, 0.6) is 0 Å². The zero-order chi connectivity index (χ0) is 11.0. The maximum atomic E-state index is 11.3. The maximum absolute atomic E-state index is 11.3. The molecule has 0 unspecified atom stereocenters. The number of fused-ring (bicyclic) bond motifs is 1. The van der Waals surface area contributed by atoms with E-state index in [1.165, 1.54) is 10.9 Å². The van der Waals surface area contributed by atoms with Crippen LogP contribution in [0.15, 0.2) is 11.1 Å². The molecule has 0 aromatic carbocycles. The summed E-state index contributed by atoms with van der Waals surface area (Å²) < 4.78 is 1.24. The molecule has 0 atom stereocenters. The summed E-state index contributed by atoms with van der Waals surface area (Å²) in [6.45, 7) is -0.313. The van der Waals surface area contributed by atoms with E-state index in [0.717, 1.165) is 0 Å². The molecular formula is C7H7N5O3. The number of hydrogen-bond donors (Lipinski definition) is 3. The first kappa shape index (κ1) is 9.19. The van der Waals surface area contributed by atoms with Gasteiger partial charge in [-0.3, -0.25) is 14.6 Å². The predicted octanol–water partition coefficient (Wildman–Crippen LogP) is -1.21. The van der Waals surface area contributed by atoms with Crippen molar-refractivity contribution in [3.8, 4) is 0 Å². The number of aromatic amines is 1. The van der Waals surface area contributed by atoms with E-state index in [0.29, 0.717) is 0 Å². The molecule has 4 N–H and O–H groups in total. The molecule has 0 aliphatic heterocycles. The third kappa shape index (κ3) is 1.52. The number of hydrogen-bond acceptors (Lipinski definition) is 5. The van der Waals surface area contributed by atoms with Crippen molar-refractivity contribution in [1.82, 2.24) is 19.5 Å². The quantitative estimate of drug-likeness (QED) is 0.569. The van der Waals surface area contributed by atoms with Gasteiger partial charge in [-0.2, -0.15) is 4.98 Å². The molecule has 8 nitrogen and oxygen atoms in total. The first-order valence-electron chi connectivity index (χ1n) is 4.00. The minimum Gasteiger partial charge on any atom is -0.480 e. The molecule has 0 saturated heterocycles. The number of carboxylic acid groups (broad SMARTS) is 1. The minimum absolute atomic E-state index is 0.0698. The fourth-order valence-electron chi connectivity index (χ4n) is 1.23.